The van der Waals surface area contributed by atoms with Gasteiger partial charge in [0.05, 0.1) is 30.8 Å². The van der Waals surface area contributed by atoms with E-state index in [1.807, 2.05) is 42.5 Å². The van der Waals surface area contributed by atoms with Gasteiger partial charge in [0.1, 0.15) is 5.82 Å². The highest BCUT2D eigenvalue weighted by Gasteiger charge is 2.16. The highest BCUT2D eigenvalue weighted by atomic mass is 16.5. The first kappa shape index (κ1) is 15.5. The predicted molar refractivity (Wildman–Crippen MR) is 96.9 cm³/mol. The monoisotopic (exact) mass is 332 g/mol. The number of anilines is 3. The van der Waals surface area contributed by atoms with E-state index in [0.717, 1.165) is 35.9 Å². The lowest BCUT2D eigenvalue weighted by Crippen LogP contribution is -2.37. The van der Waals surface area contributed by atoms with Crippen molar-refractivity contribution < 1.29 is 4.74 Å². The first-order valence-corrected chi connectivity index (χ1v) is 8.24. The molecule has 1 aromatic carbocycles. The fourth-order valence-corrected chi connectivity index (χ4v) is 2.69. The lowest BCUT2D eigenvalue weighted by molar-refractivity contribution is 0.122. The number of morpholine rings is 1. The summed E-state index contributed by atoms with van der Waals surface area (Å²) >= 11 is 0. The summed E-state index contributed by atoms with van der Waals surface area (Å²) in [6.07, 6.45) is 3.52. The lowest BCUT2D eigenvalue weighted by atomic mass is 10.1. The number of pyridine rings is 1. The number of aromatic nitrogens is 3. The fourth-order valence-electron chi connectivity index (χ4n) is 2.69. The third-order valence-corrected chi connectivity index (χ3v) is 3.95. The quantitative estimate of drug-likeness (QED) is 0.792. The zero-order chi connectivity index (χ0) is 16.9. The molecule has 6 heteroatoms. The molecule has 1 fully saturated rings. The van der Waals surface area contributed by atoms with Crippen LogP contribution in [0.1, 0.15) is 0 Å². The van der Waals surface area contributed by atoms with E-state index < -0.39 is 0 Å². The molecule has 3 heterocycles. The van der Waals surface area contributed by atoms with Crippen LogP contribution in [0.4, 0.5) is 17.5 Å². The van der Waals surface area contributed by atoms with Gasteiger partial charge in [0.15, 0.2) is 0 Å². The Morgan fingerprint density at radius 2 is 2.04 bits per heavy atom. The van der Waals surface area contributed by atoms with Gasteiger partial charge in [0, 0.05) is 30.9 Å². The smallest absolute Gasteiger partial charge is 0.228 e. The van der Waals surface area contributed by atoms with E-state index in [0.29, 0.717) is 19.2 Å². The van der Waals surface area contributed by atoms with Crippen molar-refractivity contribution in [1.29, 1.82) is 0 Å². The minimum atomic E-state index is 0.693. The molecule has 25 heavy (non-hydrogen) atoms. The molecule has 0 amide bonds. The fraction of sp³-hybridized carbons (Fsp3) is 0.211. The van der Waals surface area contributed by atoms with Crippen LogP contribution < -0.4 is 10.2 Å². The van der Waals surface area contributed by atoms with Crippen LogP contribution in [0.5, 0.6) is 0 Å². The summed E-state index contributed by atoms with van der Waals surface area (Å²) in [7, 11) is 0. The third-order valence-electron chi connectivity index (χ3n) is 3.95. The molecule has 1 radical (unpaired) electrons. The normalized spacial score (nSPS) is 14.3. The van der Waals surface area contributed by atoms with E-state index in [4.69, 9.17) is 9.72 Å². The molecule has 0 spiro atoms. The maximum atomic E-state index is 5.44. The molecule has 0 unspecified atom stereocenters. The van der Waals surface area contributed by atoms with Crippen LogP contribution in [0.25, 0.3) is 11.3 Å². The largest absolute Gasteiger partial charge is 0.378 e. The lowest BCUT2D eigenvalue weighted by Gasteiger charge is -2.27. The van der Waals surface area contributed by atoms with Crippen molar-refractivity contribution in [1.82, 2.24) is 15.0 Å². The van der Waals surface area contributed by atoms with Crippen LogP contribution in [-0.2, 0) is 4.74 Å². The van der Waals surface area contributed by atoms with Crippen LogP contribution in [0.15, 0.2) is 54.9 Å². The Morgan fingerprint density at radius 3 is 2.80 bits per heavy atom. The van der Waals surface area contributed by atoms with Crippen LogP contribution in [0, 0.1) is 6.07 Å². The Morgan fingerprint density at radius 1 is 1.12 bits per heavy atom. The van der Waals surface area contributed by atoms with Crippen LogP contribution in [-0.4, -0.2) is 41.3 Å². The molecule has 1 N–H and O–H groups in total. The van der Waals surface area contributed by atoms with E-state index in [9.17, 15) is 0 Å². The maximum absolute atomic E-state index is 5.44. The topological polar surface area (TPSA) is 63.2 Å². The first-order chi connectivity index (χ1) is 12.4. The molecular weight excluding hydrogens is 314 g/mol. The van der Waals surface area contributed by atoms with E-state index in [1.54, 1.807) is 12.4 Å². The van der Waals surface area contributed by atoms with Gasteiger partial charge >= 0.3 is 0 Å². The van der Waals surface area contributed by atoms with Crippen molar-refractivity contribution in [3.05, 3.63) is 60.9 Å². The van der Waals surface area contributed by atoms with Gasteiger partial charge in [-0.3, -0.25) is 4.98 Å². The Hall–Kier alpha value is -2.99. The summed E-state index contributed by atoms with van der Waals surface area (Å²) in [4.78, 5) is 15.7. The maximum Gasteiger partial charge on any atom is 0.228 e. The molecule has 0 saturated carbocycles. The average Bonchev–Trinajstić information content (AvgIpc) is 2.70. The first-order valence-electron chi connectivity index (χ1n) is 8.24. The van der Waals surface area contributed by atoms with E-state index in [1.165, 1.54) is 0 Å². The van der Waals surface area contributed by atoms with Crippen molar-refractivity contribution >= 4 is 17.5 Å². The molecule has 1 aliphatic heterocycles. The number of hydrogen-bond donors (Lipinski definition) is 1. The molecule has 0 atom stereocenters. The van der Waals surface area contributed by atoms with Gasteiger partial charge in [-0.1, -0.05) is 18.2 Å². The Balaban J connectivity index is 1.72. The molecule has 0 aliphatic carbocycles. The standard InChI is InChI=1S/C19H18N5O/c1-2-5-15(6-3-1)17-13-18(21-16-7-4-8-20-14-16)23-19(22-17)24-9-11-25-12-10-24/h1-2,4-8,13-14H,9-12H2,(H,21,22,23). The highest BCUT2D eigenvalue weighted by Crippen LogP contribution is 2.25. The summed E-state index contributed by atoms with van der Waals surface area (Å²) in [5, 5.41) is 3.31. The molecule has 6 nitrogen and oxygen atoms in total. The van der Waals surface area contributed by atoms with Gasteiger partial charge in [0.25, 0.3) is 0 Å². The minimum Gasteiger partial charge on any atom is -0.378 e. The van der Waals surface area contributed by atoms with Crippen molar-refractivity contribution in [2.24, 2.45) is 0 Å². The molecule has 1 saturated heterocycles. The average molecular weight is 332 g/mol. The minimum absolute atomic E-state index is 0.693. The highest BCUT2D eigenvalue weighted by molar-refractivity contribution is 5.67. The second-order valence-electron chi connectivity index (χ2n) is 5.70. The molecule has 125 valence electrons. The van der Waals surface area contributed by atoms with Gasteiger partial charge < -0.3 is 15.0 Å². The molecule has 4 rings (SSSR count). The zero-order valence-corrected chi connectivity index (χ0v) is 13.7. The van der Waals surface area contributed by atoms with Crippen molar-refractivity contribution in [2.75, 3.05) is 36.5 Å². The SMILES string of the molecule is [c]1cccc(-c2cc(Nc3cccnc3)nc(N3CCOCC3)n2)c1. The number of hydrogen-bond acceptors (Lipinski definition) is 6. The number of nitrogens with zero attached hydrogens (tertiary/aromatic N) is 4. The number of nitrogens with one attached hydrogen (secondary N) is 1. The summed E-state index contributed by atoms with van der Waals surface area (Å²) < 4.78 is 5.44. The van der Waals surface area contributed by atoms with Gasteiger partial charge in [-0.05, 0) is 24.3 Å². The summed E-state index contributed by atoms with van der Waals surface area (Å²) in [6.45, 7) is 2.96. The van der Waals surface area contributed by atoms with Crippen LogP contribution in [0.2, 0.25) is 0 Å². The van der Waals surface area contributed by atoms with Gasteiger partial charge in [0.2, 0.25) is 5.95 Å². The number of rotatable bonds is 4. The predicted octanol–water partition coefficient (Wildman–Crippen LogP) is 2.92. The van der Waals surface area contributed by atoms with Crippen molar-refractivity contribution in [3.63, 3.8) is 0 Å². The van der Waals surface area contributed by atoms with E-state index >= 15 is 0 Å². The zero-order valence-electron chi connectivity index (χ0n) is 13.7. The molecule has 2 aromatic heterocycles. The Bertz CT molecular complexity index is 820. The van der Waals surface area contributed by atoms with Crippen molar-refractivity contribution in [2.45, 2.75) is 0 Å². The molecular formula is C19H18N5O. The van der Waals surface area contributed by atoms with Crippen molar-refractivity contribution in [3.8, 4) is 11.3 Å². The van der Waals surface area contributed by atoms with Gasteiger partial charge in [-0.25, -0.2) is 4.98 Å². The summed E-state index contributed by atoms with van der Waals surface area (Å²) in [5.74, 6) is 1.44. The number of benzene rings is 1. The van der Waals surface area contributed by atoms with Gasteiger partial charge in [-0.15, -0.1) is 0 Å². The summed E-state index contributed by atoms with van der Waals surface area (Å²) in [6, 6.07) is 16.7. The van der Waals surface area contributed by atoms with Gasteiger partial charge in [-0.2, -0.15) is 4.98 Å². The Labute approximate surface area is 146 Å². The van der Waals surface area contributed by atoms with E-state index in [-0.39, 0.29) is 0 Å². The molecule has 3 aromatic rings. The summed E-state index contributed by atoms with van der Waals surface area (Å²) in [5.41, 5.74) is 2.76. The third kappa shape index (κ3) is 3.75. The second-order valence-corrected chi connectivity index (χ2v) is 5.70. The Kier molecular flexibility index (Phi) is 4.52. The van der Waals surface area contributed by atoms with Crippen LogP contribution >= 0.6 is 0 Å². The molecule has 1 aliphatic rings. The van der Waals surface area contributed by atoms with E-state index in [2.05, 4.69) is 26.3 Å². The molecule has 0 bridgehead atoms. The number of ether oxygens (including phenoxy) is 1. The van der Waals surface area contributed by atoms with Crippen LogP contribution in [0.3, 0.4) is 0 Å². The second kappa shape index (κ2) is 7.27.